The first-order chi connectivity index (χ1) is 16.4. The van der Waals surface area contributed by atoms with Crippen molar-refractivity contribution in [3.05, 3.63) is 81.1 Å². The molecule has 1 heterocycles. The van der Waals surface area contributed by atoms with Crippen LogP contribution in [0.15, 0.2) is 58.5 Å². The minimum Gasteiger partial charge on any atom is -0.493 e. The van der Waals surface area contributed by atoms with E-state index in [1.54, 1.807) is 10.6 Å². The largest absolute Gasteiger partial charge is 0.493 e. The lowest BCUT2D eigenvalue weighted by molar-refractivity contribution is 0.326. The number of benzene rings is 3. The fraction of sp³-hybridized carbons (Fsp3) is 0.259. The lowest BCUT2D eigenvalue weighted by Crippen LogP contribution is -2.23. The quantitative estimate of drug-likeness (QED) is 0.255. The van der Waals surface area contributed by atoms with Gasteiger partial charge in [0.15, 0.2) is 16.7 Å². The second-order valence-electron chi connectivity index (χ2n) is 8.07. The van der Waals surface area contributed by atoms with Crippen LogP contribution < -0.4 is 19.8 Å². The van der Waals surface area contributed by atoms with Gasteiger partial charge >= 0.3 is 0 Å². The van der Waals surface area contributed by atoms with Crippen LogP contribution in [0, 0.1) is 20.8 Å². The number of para-hydroxylation sites is 1. The number of methoxy groups -OCH3 is 3. The normalized spacial score (nSPS) is 11.0. The van der Waals surface area contributed by atoms with Gasteiger partial charge in [0.05, 0.1) is 32.4 Å². The van der Waals surface area contributed by atoms with Crippen molar-refractivity contribution in [2.24, 2.45) is 0 Å². The Balaban J connectivity index is 1.97. The molecule has 34 heavy (non-hydrogen) atoms. The van der Waals surface area contributed by atoms with Gasteiger partial charge in [-0.2, -0.15) is 0 Å². The van der Waals surface area contributed by atoms with E-state index in [1.807, 2.05) is 31.2 Å². The first kappa shape index (κ1) is 23.7. The number of nitrogens with zero attached hydrogens (tertiary/aromatic N) is 2. The highest BCUT2D eigenvalue weighted by atomic mass is 32.2. The van der Waals surface area contributed by atoms with E-state index in [9.17, 15) is 4.79 Å². The van der Waals surface area contributed by atoms with E-state index in [-0.39, 0.29) is 5.56 Å². The molecule has 6 nitrogen and oxygen atoms in total. The predicted octanol–water partition coefficient (Wildman–Crippen LogP) is 5.63. The Labute approximate surface area is 203 Å². The van der Waals surface area contributed by atoms with E-state index in [2.05, 4.69) is 32.0 Å². The third kappa shape index (κ3) is 4.23. The Hall–Kier alpha value is -3.45. The summed E-state index contributed by atoms with van der Waals surface area (Å²) >= 11 is 1.51. The number of fused-ring (bicyclic) bond motifs is 1. The maximum atomic E-state index is 13.9. The zero-order chi connectivity index (χ0) is 24.4. The highest BCUT2D eigenvalue weighted by Crippen LogP contribution is 2.42. The average Bonchev–Trinajstić information content (AvgIpc) is 2.84. The molecule has 0 fully saturated rings. The minimum atomic E-state index is -0.193. The monoisotopic (exact) mass is 476 g/mol. The third-order valence-corrected chi connectivity index (χ3v) is 6.94. The van der Waals surface area contributed by atoms with Crippen molar-refractivity contribution in [3.8, 4) is 22.9 Å². The summed E-state index contributed by atoms with van der Waals surface area (Å²) in [7, 11) is 4.60. The molecule has 4 aromatic rings. The van der Waals surface area contributed by atoms with Crippen molar-refractivity contribution in [2.75, 3.05) is 21.3 Å². The predicted molar refractivity (Wildman–Crippen MR) is 137 cm³/mol. The lowest BCUT2D eigenvalue weighted by Gasteiger charge is -2.18. The molecule has 0 N–H and O–H groups in total. The van der Waals surface area contributed by atoms with Crippen LogP contribution in [0.4, 0.5) is 0 Å². The SMILES string of the molecule is COc1cc2c(=O)n(-c3ccccc3C)c(SCc3ccc(C)c(C)c3)nc2c(OC)c1OC. The number of aryl methyl sites for hydroxylation is 3. The van der Waals surface area contributed by atoms with Gasteiger partial charge in [0.1, 0.15) is 5.52 Å². The van der Waals surface area contributed by atoms with Crippen molar-refractivity contribution >= 4 is 22.7 Å². The Morgan fingerprint density at radius 2 is 1.59 bits per heavy atom. The second-order valence-corrected chi connectivity index (χ2v) is 9.01. The van der Waals surface area contributed by atoms with Gasteiger partial charge in [-0.3, -0.25) is 9.36 Å². The topological polar surface area (TPSA) is 62.6 Å². The van der Waals surface area contributed by atoms with Crippen LogP contribution in [0.5, 0.6) is 17.2 Å². The summed E-state index contributed by atoms with van der Waals surface area (Å²) < 4.78 is 18.3. The summed E-state index contributed by atoms with van der Waals surface area (Å²) in [5.74, 6) is 1.86. The van der Waals surface area contributed by atoms with Gasteiger partial charge in [0.25, 0.3) is 5.56 Å². The number of rotatable bonds is 7. The number of hydrogen-bond donors (Lipinski definition) is 0. The summed E-state index contributed by atoms with van der Waals surface area (Å²) in [6.45, 7) is 6.19. The third-order valence-electron chi connectivity index (χ3n) is 5.93. The van der Waals surface area contributed by atoms with Gasteiger partial charge in [-0.15, -0.1) is 0 Å². The molecule has 7 heteroatoms. The van der Waals surface area contributed by atoms with Gasteiger partial charge in [-0.1, -0.05) is 48.2 Å². The van der Waals surface area contributed by atoms with Crippen LogP contribution >= 0.6 is 11.8 Å². The molecule has 1 aromatic heterocycles. The molecule has 0 atom stereocenters. The molecule has 176 valence electrons. The molecule has 0 aliphatic rings. The lowest BCUT2D eigenvalue weighted by atomic mass is 10.1. The van der Waals surface area contributed by atoms with E-state index >= 15 is 0 Å². The molecule has 0 aliphatic heterocycles. The number of aromatic nitrogens is 2. The van der Waals surface area contributed by atoms with Crippen LogP contribution in [0.3, 0.4) is 0 Å². The molecule has 0 saturated carbocycles. The van der Waals surface area contributed by atoms with Crippen LogP contribution in [-0.2, 0) is 5.75 Å². The van der Waals surface area contributed by atoms with Crippen LogP contribution in [0.2, 0.25) is 0 Å². The summed E-state index contributed by atoms with van der Waals surface area (Å²) in [5.41, 5.74) is 5.67. The number of thioether (sulfide) groups is 1. The van der Waals surface area contributed by atoms with Gasteiger partial charge in [-0.05, 0) is 55.2 Å². The molecule has 0 amide bonds. The molecule has 0 unspecified atom stereocenters. The van der Waals surface area contributed by atoms with Crippen LogP contribution in [0.25, 0.3) is 16.6 Å². The number of hydrogen-bond acceptors (Lipinski definition) is 6. The molecule has 0 spiro atoms. The van der Waals surface area contributed by atoms with Crippen molar-refractivity contribution in [1.82, 2.24) is 9.55 Å². The van der Waals surface area contributed by atoms with Gasteiger partial charge in [-0.25, -0.2) is 4.98 Å². The van der Waals surface area contributed by atoms with E-state index in [0.29, 0.717) is 39.1 Å². The first-order valence-corrected chi connectivity index (χ1v) is 11.9. The maximum Gasteiger partial charge on any atom is 0.266 e. The molecule has 0 bridgehead atoms. The number of ether oxygens (including phenoxy) is 3. The first-order valence-electron chi connectivity index (χ1n) is 10.9. The Morgan fingerprint density at radius 3 is 2.24 bits per heavy atom. The molecule has 0 aliphatic carbocycles. The van der Waals surface area contributed by atoms with Crippen molar-refractivity contribution < 1.29 is 14.2 Å². The molecule has 0 saturated heterocycles. The second kappa shape index (κ2) is 9.81. The Bertz CT molecular complexity index is 1430. The fourth-order valence-electron chi connectivity index (χ4n) is 3.93. The zero-order valence-corrected chi connectivity index (χ0v) is 21.1. The van der Waals surface area contributed by atoms with Crippen molar-refractivity contribution in [1.29, 1.82) is 0 Å². The average molecular weight is 477 g/mol. The molecule has 0 radical (unpaired) electrons. The summed E-state index contributed by atoms with van der Waals surface area (Å²) in [6.07, 6.45) is 0. The van der Waals surface area contributed by atoms with Gasteiger partial charge < -0.3 is 14.2 Å². The minimum absolute atomic E-state index is 0.193. The highest BCUT2D eigenvalue weighted by Gasteiger charge is 2.23. The van der Waals surface area contributed by atoms with Crippen molar-refractivity contribution in [2.45, 2.75) is 31.7 Å². The Morgan fingerprint density at radius 1 is 0.853 bits per heavy atom. The molecular formula is C27H28N2O4S. The summed E-state index contributed by atoms with van der Waals surface area (Å²) in [4.78, 5) is 18.8. The highest BCUT2D eigenvalue weighted by molar-refractivity contribution is 7.98. The molecule has 3 aromatic carbocycles. The smallest absolute Gasteiger partial charge is 0.266 e. The van der Waals surface area contributed by atoms with E-state index in [0.717, 1.165) is 16.8 Å². The van der Waals surface area contributed by atoms with E-state index < -0.39 is 0 Å². The maximum absolute atomic E-state index is 13.9. The van der Waals surface area contributed by atoms with Gasteiger partial charge in [0, 0.05) is 5.75 Å². The molecular weight excluding hydrogens is 448 g/mol. The van der Waals surface area contributed by atoms with Crippen LogP contribution in [-0.4, -0.2) is 30.9 Å². The Kier molecular flexibility index (Phi) is 6.84. The summed E-state index contributed by atoms with van der Waals surface area (Å²) in [5, 5.41) is 0.976. The zero-order valence-electron chi connectivity index (χ0n) is 20.3. The van der Waals surface area contributed by atoms with Crippen molar-refractivity contribution in [3.63, 3.8) is 0 Å². The van der Waals surface area contributed by atoms with Crippen LogP contribution in [0.1, 0.15) is 22.3 Å². The van der Waals surface area contributed by atoms with E-state index in [1.165, 1.54) is 44.2 Å². The molecule has 4 rings (SSSR count). The fourth-order valence-corrected chi connectivity index (χ4v) is 4.87. The van der Waals surface area contributed by atoms with Gasteiger partial charge in [0.2, 0.25) is 5.75 Å². The summed E-state index contributed by atoms with van der Waals surface area (Å²) in [6, 6.07) is 15.9. The van der Waals surface area contributed by atoms with E-state index in [4.69, 9.17) is 19.2 Å². The standard InChI is InChI=1S/C27H28N2O4S/c1-16-11-12-19(13-18(16)3)15-34-27-28-23-20(14-22(31-4)24(32-5)25(23)33-6)26(30)29(27)21-10-8-7-9-17(21)2/h7-14H,15H2,1-6H3.